The molecule has 1 aromatic heterocycles. The van der Waals surface area contributed by atoms with Crippen molar-refractivity contribution in [2.75, 3.05) is 19.8 Å². The van der Waals surface area contributed by atoms with Crippen molar-refractivity contribution in [1.82, 2.24) is 4.90 Å². The van der Waals surface area contributed by atoms with E-state index in [1.54, 1.807) is 12.1 Å². The van der Waals surface area contributed by atoms with Crippen LogP contribution in [0.2, 0.25) is 0 Å². The minimum atomic E-state index is -1.06. The van der Waals surface area contributed by atoms with Crippen molar-refractivity contribution in [3.63, 3.8) is 0 Å². The van der Waals surface area contributed by atoms with E-state index in [1.165, 1.54) is 23.3 Å². The third-order valence-electron chi connectivity index (χ3n) is 2.63. The third kappa shape index (κ3) is 2.78. The van der Waals surface area contributed by atoms with Gasteiger partial charge >= 0.3 is 5.97 Å². The van der Waals surface area contributed by atoms with E-state index in [1.807, 2.05) is 0 Å². The number of hydrogen-bond donors (Lipinski definition) is 1. The number of amides is 1. The van der Waals surface area contributed by atoms with Crippen LogP contribution >= 0.6 is 0 Å². The Morgan fingerprint density at radius 3 is 3.00 bits per heavy atom. The van der Waals surface area contributed by atoms with E-state index in [0.717, 1.165) is 0 Å². The molecule has 2 rings (SSSR count). The molecule has 2 heterocycles. The normalized spacial score (nSPS) is 20.2. The first kappa shape index (κ1) is 12.4. The average Bonchev–Trinajstić information content (AvgIpc) is 2.89. The monoisotopic (exact) mass is 251 g/mol. The lowest BCUT2D eigenvalue weighted by atomic mass is 10.2. The largest absolute Gasteiger partial charge is 0.480 e. The standard InChI is InChI=1S/C12H13NO5/c14-11(4-3-9-2-1-6-18-9)13-5-7-17-8-10(13)12(15)16/h1-4,6,10H,5,7-8H2,(H,15,16)/b4-3+/t10-/m0/s1. The second-order valence-corrected chi connectivity index (χ2v) is 3.81. The van der Waals surface area contributed by atoms with Gasteiger partial charge in [-0.25, -0.2) is 4.79 Å². The molecule has 1 aromatic rings. The van der Waals surface area contributed by atoms with Gasteiger partial charge in [0.25, 0.3) is 0 Å². The summed E-state index contributed by atoms with van der Waals surface area (Å²) in [6.07, 6.45) is 4.32. The van der Waals surface area contributed by atoms with Crippen LogP contribution in [-0.4, -0.2) is 47.7 Å². The van der Waals surface area contributed by atoms with Crippen LogP contribution in [0.1, 0.15) is 5.76 Å². The molecule has 1 atom stereocenters. The van der Waals surface area contributed by atoms with Crippen LogP contribution in [0.4, 0.5) is 0 Å². The molecule has 6 nitrogen and oxygen atoms in total. The molecule has 0 spiro atoms. The van der Waals surface area contributed by atoms with Crippen molar-refractivity contribution < 1.29 is 23.8 Å². The number of aliphatic carboxylic acids is 1. The predicted octanol–water partition coefficient (Wildman–Crippen LogP) is 0.605. The van der Waals surface area contributed by atoms with Gasteiger partial charge in [-0.3, -0.25) is 4.79 Å². The second kappa shape index (κ2) is 5.50. The highest BCUT2D eigenvalue weighted by Gasteiger charge is 2.31. The highest BCUT2D eigenvalue weighted by Crippen LogP contribution is 2.09. The van der Waals surface area contributed by atoms with E-state index >= 15 is 0 Å². The molecule has 0 unspecified atom stereocenters. The molecule has 1 amide bonds. The molecular weight excluding hydrogens is 238 g/mol. The Morgan fingerprint density at radius 1 is 1.50 bits per heavy atom. The topological polar surface area (TPSA) is 80.0 Å². The Hall–Kier alpha value is -2.08. The van der Waals surface area contributed by atoms with Crippen LogP contribution in [0.15, 0.2) is 28.9 Å². The molecule has 18 heavy (non-hydrogen) atoms. The van der Waals surface area contributed by atoms with Crippen molar-refractivity contribution in [2.24, 2.45) is 0 Å². The van der Waals surface area contributed by atoms with Crippen LogP contribution in [0, 0.1) is 0 Å². The maximum Gasteiger partial charge on any atom is 0.328 e. The van der Waals surface area contributed by atoms with Gasteiger partial charge in [0.2, 0.25) is 5.91 Å². The van der Waals surface area contributed by atoms with Gasteiger partial charge in [0.1, 0.15) is 5.76 Å². The minimum Gasteiger partial charge on any atom is -0.480 e. The summed E-state index contributed by atoms with van der Waals surface area (Å²) in [5.41, 5.74) is 0. The van der Waals surface area contributed by atoms with Crippen LogP contribution in [-0.2, 0) is 14.3 Å². The van der Waals surface area contributed by atoms with Crippen molar-refractivity contribution in [3.8, 4) is 0 Å². The number of morpholine rings is 1. The lowest BCUT2D eigenvalue weighted by Gasteiger charge is -2.31. The highest BCUT2D eigenvalue weighted by atomic mass is 16.5. The van der Waals surface area contributed by atoms with Gasteiger partial charge in [-0.15, -0.1) is 0 Å². The lowest BCUT2D eigenvalue weighted by Crippen LogP contribution is -2.52. The molecule has 0 saturated carbocycles. The molecule has 0 aliphatic carbocycles. The summed E-state index contributed by atoms with van der Waals surface area (Å²) in [4.78, 5) is 24.2. The number of ether oxygens (including phenoxy) is 1. The first-order valence-corrected chi connectivity index (χ1v) is 5.51. The van der Waals surface area contributed by atoms with E-state index in [9.17, 15) is 9.59 Å². The SMILES string of the molecule is O=C(O)[C@@H]1COCCN1C(=O)/C=C/c1ccco1. The van der Waals surface area contributed by atoms with Gasteiger partial charge in [-0.1, -0.05) is 0 Å². The Morgan fingerprint density at radius 2 is 2.33 bits per heavy atom. The smallest absolute Gasteiger partial charge is 0.328 e. The first-order chi connectivity index (χ1) is 8.68. The first-order valence-electron chi connectivity index (χ1n) is 5.51. The molecule has 1 aliphatic rings. The molecule has 0 bridgehead atoms. The Bertz CT molecular complexity index is 451. The van der Waals surface area contributed by atoms with Crippen LogP contribution in [0.5, 0.6) is 0 Å². The van der Waals surface area contributed by atoms with Crippen molar-refractivity contribution in [3.05, 3.63) is 30.2 Å². The number of carbonyl (C=O) groups is 2. The van der Waals surface area contributed by atoms with Crippen molar-refractivity contribution >= 4 is 18.0 Å². The van der Waals surface area contributed by atoms with E-state index in [0.29, 0.717) is 12.4 Å². The van der Waals surface area contributed by atoms with E-state index in [-0.39, 0.29) is 19.1 Å². The number of carbonyl (C=O) groups excluding carboxylic acids is 1. The zero-order valence-electron chi connectivity index (χ0n) is 9.61. The van der Waals surface area contributed by atoms with Crippen LogP contribution in [0.3, 0.4) is 0 Å². The van der Waals surface area contributed by atoms with E-state index in [2.05, 4.69) is 0 Å². The van der Waals surface area contributed by atoms with Gasteiger partial charge in [0, 0.05) is 12.6 Å². The lowest BCUT2D eigenvalue weighted by molar-refractivity contribution is -0.156. The van der Waals surface area contributed by atoms with Crippen molar-refractivity contribution in [2.45, 2.75) is 6.04 Å². The second-order valence-electron chi connectivity index (χ2n) is 3.81. The fraction of sp³-hybridized carbons (Fsp3) is 0.333. The number of rotatable bonds is 3. The van der Waals surface area contributed by atoms with Gasteiger partial charge in [-0.2, -0.15) is 0 Å². The third-order valence-corrected chi connectivity index (χ3v) is 2.63. The Balaban J connectivity index is 2.04. The summed E-state index contributed by atoms with van der Waals surface area (Å²) in [6.45, 7) is 0.651. The fourth-order valence-electron chi connectivity index (χ4n) is 1.71. The van der Waals surface area contributed by atoms with Crippen molar-refractivity contribution in [1.29, 1.82) is 0 Å². The van der Waals surface area contributed by atoms with Gasteiger partial charge in [0.15, 0.2) is 6.04 Å². The van der Waals surface area contributed by atoms with Gasteiger partial charge < -0.3 is 19.2 Å². The Kier molecular flexibility index (Phi) is 3.78. The number of carboxylic acids is 1. The summed E-state index contributed by atoms with van der Waals surface area (Å²) in [5, 5.41) is 8.99. The Labute approximate surface area is 103 Å². The molecule has 0 radical (unpaired) electrons. The maximum atomic E-state index is 11.9. The predicted molar refractivity (Wildman–Crippen MR) is 61.7 cm³/mol. The van der Waals surface area contributed by atoms with E-state index in [4.69, 9.17) is 14.3 Å². The number of carboxylic acid groups (broad SMARTS) is 1. The molecule has 96 valence electrons. The molecule has 1 saturated heterocycles. The summed E-state index contributed by atoms with van der Waals surface area (Å²) in [7, 11) is 0. The average molecular weight is 251 g/mol. The number of furan rings is 1. The van der Waals surface area contributed by atoms with Crippen LogP contribution < -0.4 is 0 Å². The fourth-order valence-corrected chi connectivity index (χ4v) is 1.71. The summed E-state index contributed by atoms with van der Waals surface area (Å²) < 4.78 is 10.1. The molecule has 6 heteroatoms. The molecular formula is C12H13NO5. The van der Waals surface area contributed by atoms with E-state index < -0.39 is 12.0 Å². The number of nitrogens with zero attached hydrogens (tertiary/aromatic N) is 1. The summed E-state index contributed by atoms with van der Waals surface area (Å²) >= 11 is 0. The van der Waals surface area contributed by atoms with Crippen LogP contribution in [0.25, 0.3) is 6.08 Å². The zero-order chi connectivity index (χ0) is 13.0. The number of hydrogen-bond acceptors (Lipinski definition) is 4. The zero-order valence-corrected chi connectivity index (χ0v) is 9.61. The summed E-state index contributed by atoms with van der Waals surface area (Å²) in [5.74, 6) is -0.875. The molecule has 1 fully saturated rings. The minimum absolute atomic E-state index is 0.0235. The van der Waals surface area contributed by atoms with Gasteiger partial charge in [0.05, 0.1) is 19.5 Å². The summed E-state index contributed by atoms with van der Waals surface area (Å²) in [6, 6.07) is 2.49. The maximum absolute atomic E-state index is 11.9. The van der Waals surface area contributed by atoms with Gasteiger partial charge in [-0.05, 0) is 18.2 Å². The highest BCUT2D eigenvalue weighted by molar-refractivity contribution is 5.94. The molecule has 1 aliphatic heterocycles. The molecule has 1 N–H and O–H groups in total. The quantitative estimate of drug-likeness (QED) is 0.796. The molecule has 0 aromatic carbocycles.